The van der Waals surface area contributed by atoms with Crippen LogP contribution in [0, 0.1) is 11.7 Å². The van der Waals surface area contributed by atoms with Crippen molar-refractivity contribution in [2.24, 2.45) is 5.92 Å². The maximum Gasteiger partial charge on any atom is 0.326 e. The maximum atomic E-state index is 15.1. The van der Waals surface area contributed by atoms with Crippen molar-refractivity contribution in [3.8, 4) is 5.75 Å². The van der Waals surface area contributed by atoms with E-state index >= 15 is 4.39 Å². The number of aromatic hydroxyl groups is 1. The van der Waals surface area contributed by atoms with Crippen LogP contribution in [0.1, 0.15) is 18.4 Å². The van der Waals surface area contributed by atoms with Crippen molar-refractivity contribution in [2.45, 2.75) is 18.9 Å². The van der Waals surface area contributed by atoms with Crippen molar-refractivity contribution in [3.63, 3.8) is 0 Å². The normalized spacial score (nSPS) is 28.0. The molecule has 9 heteroatoms. The second-order valence-electron chi connectivity index (χ2n) is 6.25. The molecule has 1 aromatic rings. The second-order valence-corrected chi connectivity index (χ2v) is 7.85. The molecule has 3 N–H and O–H groups in total. The molecule has 128 valence electrons. The lowest BCUT2D eigenvalue weighted by Crippen LogP contribution is -2.43. The number of benzene rings is 1. The van der Waals surface area contributed by atoms with E-state index in [4.69, 9.17) is 0 Å². The first-order chi connectivity index (χ1) is 11.4. The Labute approximate surface area is 138 Å². The van der Waals surface area contributed by atoms with Crippen LogP contribution in [-0.2, 0) is 15.0 Å². The van der Waals surface area contributed by atoms with Gasteiger partial charge in [0.15, 0.2) is 5.82 Å². The summed E-state index contributed by atoms with van der Waals surface area (Å²) in [7, 11) is -4.19. The fraction of sp³-hybridized carbons (Fsp3) is 0.400. The number of phenolic OH excluding ortho intramolecular Hbond substituents is 1. The molecule has 3 heterocycles. The van der Waals surface area contributed by atoms with Gasteiger partial charge in [0.2, 0.25) is 0 Å². The number of halogens is 1. The molecule has 1 amide bonds. The van der Waals surface area contributed by atoms with Crippen LogP contribution in [0.25, 0.3) is 5.57 Å². The highest BCUT2D eigenvalue weighted by atomic mass is 32.2. The van der Waals surface area contributed by atoms with E-state index in [0.29, 0.717) is 10.2 Å². The summed E-state index contributed by atoms with van der Waals surface area (Å²) in [5.41, 5.74) is 0.527. The first-order valence-electron chi connectivity index (χ1n) is 7.67. The summed E-state index contributed by atoms with van der Waals surface area (Å²) < 4.78 is 41.4. The summed E-state index contributed by atoms with van der Waals surface area (Å²) in [4.78, 5) is 11.4. The molecule has 0 radical (unpaired) electrons. The second kappa shape index (κ2) is 5.18. The standard InChI is InChI=1S/C15H16FN3O4S/c16-14-9(10-5-8-1-3-11(10)17-6-8)2-4-12(20)15(14)19-7-13(21)18-24(19,22)23/h2,4-5,8,11,17,20H,1,3,6-7H2,(H,18,21). The molecule has 2 fully saturated rings. The summed E-state index contributed by atoms with van der Waals surface area (Å²) in [6.45, 7) is 0.291. The van der Waals surface area contributed by atoms with Crippen molar-refractivity contribution in [3.05, 3.63) is 29.6 Å². The first-order valence-corrected chi connectivity index (χ1v) is 9.11. The molecule has 2 saturated heterocycles. The van der Waals surface area contributed by atoms with E-state index in [1.54, 1.807) is 4.72 Å². The van der Waals surface area contributed by atoms with E-state index in [0.717, 1.165) is 25.0 Å². The zero-order valence-electron chi connectivity index (χ0n) is 12.6. The number of nitrogens with zero attached hydrogens (tertiary/aromatic N) is 1. The van der Waals surface area contributed by atoms with Gasteiger partial charge in [-0.3, -0.25) is 4.79 Å². The predicted octanol–water partition coefficient (Wildman–Crippen LogP) is 0.477. The van der Waals surface area contributed by atoms with Crippen LogP contribution in [0.2, 0.25) is 0 Å². The summed E-state index contributed by atoms with van der Waals surface area (Å²) in [6, 6.07) is 2.71. The largest absolute Gasteiger partial charge is 0.506 e. The molecule has 3 aliphatic heterocycles. The minimum atomic E-state index is -4.19. The molecule has 5 rings (SSSR count). The first kappa shape index (κ1) is 15.4. The Kier molecular flexibility index (Phi) is 3.33. The lowest BCUT2D eigenvalue weighted by atomic mass is 9.79. The smallest absolute Gasteiger partial charge is 0.326 e. The van der Waals surface area contributed by atoms with Gasteiger partial charge in [-0.05, 0) is 36.5 Å². The van der Waals surface area contributed by atoms with Crippen molar-refractivity contribution >= 4 is 27.4 Å². The summed E-state index contributed by atoms with van der Waals surface area (Å²) in [5.74, 6) is -1.81. The number of rotatable bonds is 2. The zero-order chi connectivity index (χ0) is 17.1. The lowest BCUT2D eigenvalue weighted by Gasteiger charge is -2.37. The number of hydrogen-bond acceptors (Lipinski definition) is 5. The minimum Gasteiger partial charge on any atom is -0.506 e. The number of carbonyl (C=O) groups is 1. The van der Waals surface area contributed by atoms with Gasteiger partial charge in [-0.25, -0.2) is 13.4 Å². The minimum absolute atomic E-state index is 0.0110. The van der Waals surface area contributed by atoms with Gasteiger partial charge in [-0.2, -0.15) is 8.42 Å². The molecule has 24 heavy (non-hydrogen) atoms. The Bertz CT molecular complexity index is 860. The number of nitrogens with one attached hydrogen (secondary N) is 2. The van der Waals surface area contributed by atoms with Gasteiger partial charge in [-0.15, -0.1) is 0 Å². The number of carbonyl (C=O) groups excluding carboxylic acids is 1. The van der Waals surface area contributed by atoms with Crippen LogP contribution in [-0.4, -0.2) is 38.6 Å². The van der Waals surface area contributed by atoms with E-state index in [2.05, 4.69) is 5.32 Å². The third-order valence-electron chi connectivity index (χ3n) is 4.72. The number of amides is 1. The zero-order valence-corrected chi connectivity index (χ0v) is 13.4. The van der Waals surface area contributed by atoms with Crippen LogP contribution < -0.4 is 14.3 Å². The van der Waals surface area contributed by atoms with Crippen molar-refractivity contribution in [1.82, 2.24) is 10.0 Å². The monoisotopic (exact) mass is 353 g/mol. The average Bonchev–Trinajstić information content (AvgIpc) is 2.81. The summed E-state index contributed by atoms with van der Waals surface area (Å²) in [6.07, 6.45) is 3.92. The Morgan fingerprint density at radius 2 is 2.08 bits per heavy atom. The van der Waals surface area contributed by atoms with Crippen molar-refractivity contribution in [1.29, 1.82) is 0 Å². The maximum absolute atomic E-state index is 15.1. The molecule has 1 aromatic carbocycles. The highest BCUT2D eigenvalue weighted by Gasteiger charge is 2.39. The van der Waals surface area contributed by atoms with Gasteiger partial charge in [0.1, 0.15) is 18.0 Å². The van der Waals surface area contributed by atoms with Crippen LogP contribution in [0.15, 0.2) is 18.2 Å². The molecule has 2 unspecified atom stereocenters. The van der Waals surface area contributed by atoms with E-state index in [1.165, 1.54) is 12.1 Å². The molecule has 7 nitrogen and oxygen atoms in total. The number of phenols is 1. The van der Waals surface area contributed by atoms with Crippen molar-refractivity contribution in [2.75, 3.05) is 17.4 Å². The Hall–Kier alpha value is -2.13. The SMILES string of the molecule is O=C1CN(c2c(O)ccc(C3=CC4CCC3NC4)c2F)S(=O)(=O)N1. The third-order valence-corrected chi connectivity index (χ3v) is 6.10. The Morgan fingerprint density at radius 3 is 2.62 bits per heavy atom. The molecule has 2 atom stereocenters. The number of hydrogen-bond donors (Lipinski definition) is 3. The van der Waals surface area contributed by atoms with Gasteiger partial charge in [0.05, 0.1) is 0 Å². The van der Waals surface area contributed by atoms with Gasteiger partial charge >= 0.3 is 10.2 Å². The Morgan fingerprint density at radius 1 is 1.29 bits per heavy atom. The van der Waals surface area contributed by atoms with E-state index < -0.39 is 39.9 Å². The van der Waals surface area contributed by atoms with Gasteiger partial charge in [-0.1, -0.05) is 6.08 Å². The predicted molar refractivity (Wildman–Crippen MR) is 85.0 cm³/mol. The molecule has 0 saturated carbocycles. The third kappa shape index (κ3) is 2.27. The van der Waals surface area contributed by atoms with Crippen LogP contribution in [0.3, 0.4) is 0 Å². The lowest BCUT2D eigenvalue weighted by molar-refractivity contribution is -0.117. The van der Waals surface area contributed by atoms with Crippen LogP contribution >= 0.6 is 0 Å². The van der Waals surface area contributed by atoms with E-state index in [9.17, 15) is 18.3 Å². The summed E-state index contributed by atoms with van der Waals surface area (Å²) in [5, 5.41) is 13.3. The van der Waals surface area contributed by atoms with Gasteiger partial charge < -0.3 is 10.4 Å². The highest BCUT2D eigenvalue weighted by molar-refractivity contribution is 7.92. The summed E-state index contributed by atoms with van der Waals surface area (Å²) >= 11 is 0. The average molecular weight is 353 g/mol. The van der Waals surface area contributed by atoms with Gasteiger partial charge in [0, 0.05) is 18.2 Å². The molecular weight excluding hydrogens is 337 g/mol. The quantitative estimate of drug-likeness (QED) is 0.718. The molecule has 0 aromatic heterocycles. The molecule has 4 aliphatic rings. The number of anilines is 1. The number of piperidine rings is 1. The van der Waals surface area contributed by atoms with Crippen LogP contribution in [0.4, 0.5) is 10.1 Å². The highest BCUT2D eigenvalue weighted by Crippen LogP contribution is 2.41. The van der Waals surface area contributed by atoms with Gasteiger partial charge in [0.25, 0.3) is 5.91 Å². The molecule has 0 spiro atoms. The number of fused-ring (bicyclic) bond motifs is 2. The van der Waals surface area contributed by atoms with E-state index in [-0.39, 0.29) is 11.6 Å². The van der Waals surface area contributed by atoms with Crippen LogP contribution in [0.5, 0.6) is 5.75 Å². The Balaban J connectivity index is 1.84. The fourth-order valence-corrected chi connectivity index (χ4v) is 4.76. The topological polar surface area (TPSA) is 98.7 Å². The molecule has 2 bridgehead atoms. The molecule has 1 aliphatic carbocycles. The van der Waals surface area contributed by atoms with E-state index in [1.807, 2.05) is 6.08 Å². The fourth-order valence-electron chi connectivity index (χ4n) is 3.59. The van der Waals surface area contributed by atoms with Crippen molar-refractivity contribution < 1.29 is 22.7 Å². The molecular formula is C15H16FN3O4S.